The van der Waals surface area contributed by atoms with E-state index in [1.165, 1.54) is 0 Å². The van der Waals surface area contributed by atoms with Crippen molar-refractivity contribution in [2.24, 2.45) is 5.73 Å². The normalized spacial score (nSPS) is 11.7. The van der Waals surface area contributed by atoms with Gasteiger partial charge in [0.25, 0.3) is 0 Å². The molecule has 3 N–H and O–H groups in total. The number of nitrogens with one attached hydrogen (secondary N) is 1. The van der Waals surface area contributed by atoms with Crippen molar-refractivity contribution in [3.8, 4) is 5.75 Å². The van der Waals surface area contributed by atoms with Crippen LogP contribution in [0.4, 0.5) is 0 Å². The van der Waals surface area contributed by atoms with E-state index in [1.807, 2.05) is 84.9 Å². The molecule has 0 fully saturated rings. The number of carbonyl (C=O) groups excluding carboxylic acids is 2. The quantitative estimate of drug-likeness (QED) is 0.622. The Morgan fingerprint density at radius 1 is 0.897 bits per heavy atom. The molecule has 0 saturated heterocycles. The van der Waals surface area contributed by atoms with Crippen LogP contribution >= 0.6 is 0 Å². The smallest absolute Gasteiger partial charge is 0.240 e. The molecule has 3 aromatic rings. The van der Waals surface area contributed by atoms with Gasteiger partial charge in [-0.2, -0.15) is 0 Å². The molecule has 0 saturated carbocycles. The lowest BCUT2D eigenvalue weighted by Crippen LogP contribution is -2.47. The van der Waals surface area contributed by atoms with E-state index in [0.29, 0.717) is 5.75 Å². The van der Waals surface area contributed by atoms with Crippen LogP contribution in [0.25, 0.3) is 0 Å². The first-order chi connectivity index (χ1) is 14.1. The lowest BCUT2D eigenvalue weighted by atomic mass is 9.90. The lowest BCUT2D eigenvalue weighted by Gasteiger charge is -2.22. The highest BCUT2D eigenvalue weighted by Gasteiger charge is 2.27. The maximum absolute atomic E-state index is 13.2. The zero-order chi connectivity index (χ0) is 20.6. The molecule has 5 nitrogen and oxygen atoms in total. The molecule has 0 aromatic heterocycles. The van der Waals surface area contributed by atoms with Crippen molar-refractivity contribution < 1.29 is 14.3 Å². The predicted octanol–water partition coefficient (Wildman–Crippen LogP) is 3.04. The molecule has 1 atom stereocenters. The molecular weight excluding hydrogens is 364 g/mol. The summed E-state index contributed by atoms with van der Waals surface area (Å²) in [5.41, 5.74) is 8.14. The Balaban J connectivity index is 1.85. The fourth-order valence-electron chi connectivity index (χ4n) is 3.30. The fourth-order valence-corrected chi connectivity index (χ4v) is 3.30. The minimum atomic E-state index is -0.829. The first-order valence-corrected chi connectivity index (χ1v) is 9.41. The third kappa shape index (κ3) is 5.23. The summed E-state index contributed by atoms with van der Waals surface area (Å²) in [5, 5.41) is 2.85. The minimum absolute atomic E-state index is 0.269. The number of carbonyl (C=O) groups is 2. The largest absolute Gasteiger partial charge is 0.497 e. The van der Waals surface area contributed by atoms with Gasteiger partial charge in [0, 0.05) is 6.42 Å². The molecule has 0 unspecified atom stereocenters. The SMILES string of the molecule is COc1cccc(C[C@@H](NC(=O)C(c2ccccc2)c2ccccc2)C(N)=O)c1. The van der Waals surface area contributed by atoms with Crippen molar-refractivity contribution in [1.82, 2.24) is 5.32 Å². The van der Waals surface area contributed by atoms with E-state index in [0.717, 1.165) is 16.7 Å². The standard InChI is InChI=1S/C24H24N2O3/c1-29-20-14-8-9-17(15-20)16-21(23(25)27)26-24(28)22(18-10-4-2-5-11-18)19-12-6-3-7-13-19/h2-15,21-22H,16H2,1H3,(H2,25,27)(H,26,28)/t21-/m1/s1. The van der Waals surface area contributed by atoms with Crippen LogP contribution in [0.2, 0.25) is 0 Å². The number of ether oxygens (including phenoxy) is 1. The number of methoxy groups -OCH3 is 1. The van der Waals surface area contributed by atoms with Gasteiger partial charge in [-0.3, -0.25) is 9.59 Å². The number of nitrogens with two attached hydrogens (primary N) is 1. The van der Waals surface area contributed by atoms with E-state index >= 15 is 0 Å². The third-order valence-corrected chi connectivity index (χ3v) is 4.76. The average Bonchev–Trinajstić information content (AvgIpc) is 2.75. The maximum atomic E-state index is 13.2. The van der Waals surface area contributed by atoms with Crippen molar-refractivity contribution in [3.63, 3.8) is 0 Å². The number of hydrogen-bond donors (Lipinski definition) is 2. The lowest BCUT2D eigenvalue weighted by molar-refractivity contribution is -0.127. The summed E-state index contributed by atoms with van der Waals surface area (Å²) < 4.78 is 5.23. The van der Waals surface area contributed by atoms with Gasteiger partial charge in [0.2, 0.25) is 11.8 Å². The molecule has 3 aromatic carbocycles. The van der Waals surface area contributed by atoms with Gasteiger partial charge in [0.1, 0.15) is 11.8 Å². The van der Waals surface area contributed by atoms with Crippen LogP contribution in [0.1, 0.15) is 22.6 Å². The summed E-state index contributed by atoms with van der Waals surface area (Å²) in [6, 6.07) is 25.5. The van der Waals surface area contributed by atoms with Crippen molar-refractivity contribution in [2.45, 2.75) is 18.4 Å². The highest BCUT2D eigenvalue weighted by molar-refractivity contribution is 5.92. The zero-order valence-corrected chi connectivity index (χ0v) is 16.2. The second-order valence-electron chi connectivity index (χ2n) is 6.77. The second kappa shape index (κ2) is 9.55. The number of primary amides is 1. The molecule has 2 amide bonds. The zero-order valence-electron chi connectivity index (χ0n) is 16.2. The Hall–Kier alpha value is -3.60. The number of rotatable bonds is 8. The molecule has 3 rings (SSSR count). The third-order valence-electron chi connectivity index (χ3n) is 4.76. The highest BCUT2D eigenvalue weighted by Crippen LogP contribution is 2.25. The second-order valence-corrected chi connectivity index (χ2v) is 6.77. The van der Waals surface area contributed by atoms with Crippen LogP contribution in [0, 0.1) is 0 Å². The van der Waals surface area contributed by atoms with Gasteiger partial charge in [-0.05, 0) is 28.8 Å². The van der Waals surface area contributed by atoms with Gasteiger partial charge < -0.3 is 15.8 Å². The van der Waals surface area contributed by atoms with Crippen LogP contribution < -0.4 is 15.8 Å². The summed E-state index contributed by atoms with van der Waals surface area (Å²) in [5.74, 6) is -0.705. The number of hydrogen-bond acceptors (Lipinski definition) is 3. The van der Waals surface area contributed by atoms with E-state index in [9.17, 15) is 9.59 Å². The molecule has 148 valence electrons. The molecule has 0 aliphatic rings. The maximum Gasteiger partial charge on any atom is 0.240 e. The number of benzene rings is 3. The van der Waals surface area contributed by atoms with Gasteiger partial charge in [-0.25, -0.2) is 0 Å². The summed E-state index contributed by atoms with van der Waals surface area (Å²) in [6.07, 6.45) is 0.286. The Bertz CT molecular complexity index is 919. The average molecular weight is 388 g/mol. The van der Waals surface area contributed by atoms with E-state index in [-0.39, 0.29) is 12.3 Å². The van der Waals surface area contributed by atoms with Crippen LogP contribution in [0.5, 0.6) is 5.75 Å². The minimum Gasteiger partial charge on any atom is -0.497 e. The van der Waals surface area contributed by atoms with Crippen molar-refractivity contribution in [3.05, 3.63) is 102 Å². The Morgan fingerprint density at radius 2 is 1.48 bits per heavy atom. The molecular formula is C24H24N2O3. The fraction of sp³-hybridized carbons (Fsp3) is 0.167. The van der Waals surface area contributed by atoms with Crippen LogP contribution in [-0.4, -0.2) is 25.0 Å². The molecule has 0 aliphatic heterocycles. The molecule has 29 heavy (non-hydrogen) atoms. The van der Waals surface area contributed by atoms with Crippen molar-refractivity contribution >= 4 is 11.8 Å². The van der Waals surface area contributed by atoms with E-state index in [1.54, 1.807) is 7.11 Å². The van der Waals surface area contributed by atoms with Gasteiger partial charge in [0.15, 0.2) is 0 Å². The first-order valence-electron chi connectivity index (χ1n) is 9.41. The van der Waals surface area contributed by atoms with E-state index < -0.39 is 17.9 Å². The monoisotopic (exact) mass is 388 g/mol. The van der Waals surface area contributed by atoms with Crippen LogP contribution in [0.15, 0.2) is 84.9 Å². The van der Waals surface area contributed by atoms with Gasteiger partial charge in [0.05, 0.1) is 13.0 Å². The van der Waals surface area contributed by atoms with Gasteiger partial charge in [-0.1, -0.05) is 72.8 Å². The molecule has 0 bridgehead atoms. The van der Waals surface area contributed by atoms with E-state index in [4.69, 9.17) is 10.5 Å². The first kappa shape index (κ1) is 20.1. The summed E-state index contributed by atoms with van der Waals surface area (Å²) >= 11 is 0. The van der Waals surface area contributed by atoms with Crippen molar-refractivity contribution in [1.29, 1.82) is 0 Å². The van der Waals surface area contributed by atoms with Crippen molar-refractivity contribution in [2.75, 3.05) is 7.11 Å². The van der Waals surface area contributed by atoms with Crippen LogP contribution in [0.3, 0.4) is 0 Å². The summed E-state index contributed by atoms with van der Waals surface area (Å²) in [4.78, 5) is 25.3. The van der Waals surface area contributed by atoms with Gasteiger partial charge >= 0.3 is 0 Å². The van der Waals surface area contributed by atoms with Crippen LogP contribution in [-0.2, 0) is 16.0 Å². The summed E-state index contributed by atoms with van der Waals surface area (Å²) in [7, 11) is 1.58. The highest BCUT2D eigenvalue weighted by atomic mass is 16.5. The number of amides is 2. The Kier molecular flexibility index (Phi) is 6.63. The molecule has 0 heterocycles. The van der Waals surface area contributed by atoms with Gasteiger partial charge in [-0.15, -0.1) is 0 Å². The summed E-state index contributed by atoms with van der Waals surface area (Å²) in [6.45, 7) is 0. The van der Waals surface area contributed by atoms with E-state index in [2.05, 4.69) is 5.32 Å². The molecule has 5 heteroatoms. The molecule has 0 radical (unpaired) electrons. The topological polar surface area (TPSA) is 81.4 Å². The predicted molar refractivity (Wildman–Crippen MR) is 113 cm³/mol. The Labute approximate surface area is 170 Å². The molecule has 0 aliphatic carbocycles. The molecule has 0 spiro atoms. The Morgan fingerprint density at radius 3 is 2.00 bits per heavy atom.